The van der Waals surface area contributed by atoms with Crippen LogP contribution in [0.2, 0.25) is 5.02 Å². The highest BCUT2D eigenvalue weighted by atomic mass is 35.5. The van der Waals surface area contributed by atoms with Crippen molar-refractivity contribution in [1.29, 1.82) is 0 Å². The number of aliphatic imine (C=N–C) groups is 1. The predicted molar refractivity (Wildman–Crippen MR) is 92.3 cm³/mol. The van der Waals surface area contributed by atoms with Gasteiger partial charge in [-0.2, -0.15) is 0 Å². The Morgan fingerprint density at radius 1 is 1.32 bits per heavy atom. The standard InChI is InChI=1S/C17H19ClFN3/c1-4-22(3)11-20-16-10-15(18)17(8-12(16)2)21-14-7-5-6-13(19)9-14/h5-11,21H,4H2,1-3H3. The maximum Gasteiger partial charge on any atom is 0.125 e. The van der Waals surface area contributed by atoms with Crippen molar-refractivity contribution in [2.75, 3.05) is 18.9 Å². The smallest absolute Gasteiger partial charge is 0.125 e. The summed E-state index contributed by atoms with van der Waals surface area (Å²) in [4.78, 5) is 6.41. The predicted octanol–water partition coefficient (Wildman–Crippen LogP) is 5.14. The molecule has 1 N–H and O–H groups in total. The lowest BCUT2D eigenvalue weighted by Crippen LogP contribution is -2.14. The second-order valence-corrected chi connectivity index (χ2v) is 5.48. The summed E-state index contributed by atoms with van der Waals surface area (Å²) in [5.41, 5.74) is 3.19. The van der Waals surface area contributed by atoms with Gasteiger partial charge in [0, 0.05) is 19.3 Å². The number of aryl methyl sites for hydroxylation is 1. The van der Waals surface area contributed by atoms with Crippen LogP contribution in [0.25, 0.3) is 0 Å². The Bertz CT molecular complexity index is 686. The Morgan fingerprint density at radius 2 is 2.09 bits per heavy atom. The third kappa shape index (κ3) is 4.21. The molecule has 22 heavy (non-hydrogen) atoms. The lowest BCUT2D eigenvalue weighted by Gasteiger charge is -2.12. The third-order valence-corrected chi connectivity index (χ3v) is 3.59. The topological polar surface area (TPSA) is 27.6 Å². The molecule has 116 valence electrons. The van der Waals surface area contributed by atoms with Crippen LogP contribution < -0.4 is 5.32 Å². The van der Waals surface area contributed by atoms with Crippen LogP contribution in [0.3, 0.4) is 0 Å². The minimum Gasteiger partial charge on any atom is -0.366 e. The molecule has 0 aliphatic carbocycles. The molecule has 2 aromatic carbocycles. The van der Waals surface area contributed by atoms with Crippen LogP contribution in [0.1, 0.15) is 12.5 Å². The van der Waals surface area contributed by atoms with E-state index in [1.54, 1.807) is 24.5 Å². The van der Waals surface area contributed by atoms with E-state index in [2.05, 4.69) is 17.2 Å². The molecule has 0 spiro atoms. The Labute approximate surface area is 135 Å². The van der Waals surface area contributed by atoms with Crippen molar-refractivity contribution in [2.24, 2.45) is 4.99 Å². The fourth-order valence-electron chi connectivity index (χ4n) is 1.87. The van der Waals surface area contributed by atoms with E-state index in [9.17, 15) is 4.39 Å². The summed E-state index contributed by atoms with van der Waals surface area (Å²) in [6.07, 6.45) is 1.78. The van der Waals surface area contributed by atoms with E-state index in [1.807, 2.05) is 24.9 Å². The van der Waals surface area contributed by atoms with Crippen molar-refractivity contribution >= 4 is 35.0 Å². The Hall–Kier alpha value is -2.07. The van der Waals surface area contributed by atoms with Gasteiger partial charge in [0.15, 0.2) is 0 Å². The van der Waals surface area contributed by atoms with E-state index in [4.69, 9.17) is 11.6 Å². The van der Waals surface area contributed by atoms with Crippen LogP contribution in [-0.2, 0) is 0 Å². The van der Waals surface area contributed by atoms with Crippen molar-refractivity contribution < 1.29 is 4.39 Å². The van der Waals surface area contributed by atoms with Gasteiger partial charge in [-0.15, -0.1) is 0 Å². The molecule has 0 unspecified atom stereocenters. The summed E-state index contributed by atoms with van der Waals surface area (Å²) >= 11 is 6.30. The summed E-state index contributed by atoms with van der Waals surface area (Å²) < 4.78 is 13.2. The number of benzene rings is 2. The molecule has 0 aliphatic heterocycles. The molecule has 3 nitrogen and oxygen atoms in total. The zero-order valence-electron chi connectivity index (χ0n) is 12.9. The highest BCUT2D eigenvalue weighted by Gasteiger charge is 2.06. The number of hydrogen-bond donors (Lipinski definition) is 1. The van der Waals surface area contributed by atoms with Crippen LogP contribution in [0.4, 0.5) is 21.5 Å². The maximum atomic E-state index is 13.2. The minimum absolute atomic E-state index is 0.290. The average Bonchev–Trinajstić information content (AvgIpc) is 2.49. The highest BCUT2D eigenvalue weighted by molar-refractivity contribution is 6.33. The molecule has 0 aliphatic rings. The molecule has 0 saturated heterocycles. The SMILES string of the molecule is CCN(C)C=Nc1cc(Cl)c(Nc2cccc(F)c2)cc1C. The van der Waals surface area contributed by atoms with Crippen LogP contribution in [-0.4, -0.2) is 24.8 Å². The van der Waals surface area contributed by atoms with Gasteiger partial charge in [-0.05, 0) is 49.7 Å². The van der Waals surface area contributed by atoms with Gasteiger partial charge in [-0.1, -0.05) is 17.7 Å². The van der Waals surface area contributed by atoms with Gasteiger partial charge in [0.1, 0.15) is 5.82 Å². The first-order valence-electron chi connectivity index (χ1n) is 7.06. The molecule has 0 bridgehead atoms. The molecule has 0 fully saturated rings. The first kappa shape index (κ1) is 16.3. The quantitative estimate of drug-likeness (QED) is 0.610. The summed E-state index contributed by atoms with van der Waals surface area (Å²) in [5.74, 6) is -0.290. The first-order valence-corrected chi connectivity index (χ1v) is 7.44. The first-order chi connectivity index (χ1) is 10.5. The fourth-order valence-corrected chi connectivity index (χ4v) is 2.08. The van der Waals surface area contributed by atoms with Gasteiger partial charge < -0.3 is 10.2 Å². The molecule has 0 saturated carbocycles. The fraction of sp³-hybridized carbons (Fsp3) is 0.235. The molecule has 0 amide bonds. The second kappa shape index (κ2) is 7.27. The molecule has 2 rings (SSSR count). The van der Waals surface area contributed by atoms with Gasteiger partial charge >= 0.3 is 0 Å². The number of nitrogens with zero attached hydrogens (tertiary/aromatic N) is 2. The number of rotatable bonds is 5. The maximum absolute atomic E-state index is 13.2. The zero-order chi connectivity index (χ0) is 16.1. The van der Waals surface area contributed by atoms with E-state index >= 15 is 0 Å². The van der Waals surface area contributed by atoms with E-state index < -0.39 is 0 Å². The molecule has 2 aromatic rings. The van der Waals surface area contributed by atoms with Gasteiger partial charge in [0.05, 0.1) is 22.7 Å². The summed E-state index contributed by atoms with van der Waals surface area (Å²) in [6.45, 7) is 4.90. The normalized spacial score (nSPS) is 11.0. The average molecular weight is 320 g/mol. The zero-order valence-corrected chi connectivity index (χ0v) is 13.7. The number of anilines is 2. The van der Waals surface area contributed by atoms with Crippen molar-refractivity contribution in [3.05, 3.63) is 52.8 Å². The monoisotopic (exact) mass is 319 g/mol. The molecule has 5 heteroatoms. The van der Waals surface area contributed by atoms with Gasteiger partial charge in [0.25, 0.3) is 0 Å². The third-order valence-electron chi connectivity index (χ3n) is 3.28. The van der Waals surface area contributed by atoms with E-state index in [-0.39, 0.29) is 5.82 Å². The highest BCUT2D eigenvalue weighted by Crippen LogP contribution is 2.32. The van der Waals surface area contributed by atoms with Crippen molar-refractivity contribution in [1.82, 2.24) is 4.90 Å². The Kier molecular flexibility index (Phi) is 5.39. The van der Waals surface area contributed by atoms with Crippen LogP contribution >= 0.6 is 11.6 Å². The largest absolute Gasteiger partial charge is 0.366 e. The molecule has 0 atom stereocenters. The summed E-state index contributed by atoms with van der Waals surface area (Å²) in [5, 5.41) is 3.67. The Morgan fingerprint density at radius 3 is 2.77 bits per heavy atom. The number of hydrogen-bond acceptors (Lipinski definition) is 2. The van der Waals surface area contributed by atoms with Crippen LogP contribution in [0, 0.1) is 12.7 Å². The van der Waals surface area contributed by atoms with Crippen molar-refractivity contribution in [3.8, 4) is 0 Å². The minimum atomic E-state index is -0.290. The molecular weight excluding hydrogens is 301 g/mol. The van der Waals surface area contributed by atoms with E-state index in [0.717, 1.165) is 23.5 Å². The lowest BCUT2D eigenvalue weighted by atomic mass is 10.1. The number of halogens is 2. The molecule has 0 aromatic heterocycles. The van der Waals surface area contributed by atoms with Gasteiger partial charge in [-0.3, -0.25) is 0 Å². The summed E-state index contributed by atoms with van der Waals surface area (Å²) in [7, 11) is 1.96. The van der Waals surface area contributed by atoms with Crippen LogP contribution in [0.5, 0.6) is 0 Å². The van der Waals surface area contributed by atoms with E-state index in [0.29, 0.717) is 10.7 Å². The Balaban J connectivity index is 2.24. The molecule has 0 radical (unpaired) electrons. The van der Waals surface area contributed by atoms with Gasteiger partial charge in [0.2, 0.25) is 0 Å². The van der Waals surface area contributed by atoms with Crippen molar-refractivity contribution in [3.63, 3.8) is 0 Å². The van der Waals surface area contributed by atoms with E-state index in [1.165, 1.54) is 12.1 Å². The number of nitrogens with one attached hydrogen (secondary N) is 1. The van der Waals surface area contributed by atoms with Crippen molar-refractivity contribution in [2.45, 2.75) is 13.8 Å². The van der Waals surface area contributed by atoms with Gasteiger partial charge in [-0.25, -0.2) is 9.38 Å². The lowest BCUT2D eigenvalue weighted by molar-refractivity contribution is 0.552. The second-order valence-electron chi connectivity index (χ2n) is 5.07. The summed E-state index contributed by atoms with van der Waals surface area (Å²) in [6, 6.07) is 9.98. The molecular formula is C17H19ClFN3. The molecule has 0 heterocycles. The van der Waals surface area contributed by atoms with Crippen LogP contribution in [0.15, 0.2) is 41.4 Å².